The first-order valence-corrected chi connectivity index (χ1v) is 18.5. The van der Waals surface area contributed by atoms with E-state index in [9.17, 15) is 9.90 Å². The van der Waals surface area contributed by atoms with Crippen LogP contribution in [0.5, 0.6) is 11.5 Å². The minimum absolute atomic E-state index is 0.0127. The van der Waals surface area contributed by atoms with Crippen molar-refractivity contribution in [2.45, 2.75) is 43.7 Å². The van der Waals surface area contributed by atoms with Gasteiger partial charge in [-0.2, -0.15) is 0 Å². The van der Waals surface area contributed by atoms with E-state index in [1.165, 1.54) is 0 Å². The number of hydrogen-bond donors (Lipinski definition) is 3. The fourth-order valence-electron chi connectivity index (χ4n) is 6.14. The lowest BCUT2D eigenvalue weighted by Crippen LogP contribution is -2.38. The molecule has 2 heterocycles. The van der Waals surface area contributed by atoms with E-state index < -0.39 is 6.29 Å². The number of carbonyl (C=O) groups is 1. The molecule has 4 atom stereocenters. The van der Waals surface area contributed by atoms with E-state index in [0.717, 1.165) is 39.1 Å². The number of nitrogens with one attached hydrogen (secondary N) is 2. The molecule has 0 spiro atoms. The number of para-hydroxylation sites is 1. The second kappa shape index (κ2) is 17.3. The van der Waals surface area contributed by atoms with Gasteiger partial charge in [0.25, 0.3) is 0 Å². The lowest BCUT2D eigenvalue weighted by molar-refractivity contribution is -0.268. The van der Waals surface area contributed by atoms with Gasteiger partial charge >= 0.3 is 6.03 Å². The van der Waals surface area contributed by atoms with Crippen molar-refractivity contribution < 1.29 is 24.1 Å². The van der Waals surface area contributed by atoms with Crippen molar-refractivity contribution in [1.82, 2.24) is 15.3 Å². The fraction of sp³-hybridized carbons (Fsp3) is 0.186. The van der Waals surface area contributed by atoms with Gasteiger partial charge in [-0.05, 0) is 82.4 Å². The molecule has 0 radical (unpaired) electrons. The molecule has 9 nitrogen and oxygen atoms in total. The molecule has 2 amide bonds. The molecule has 0 saturated carbocycles. The Labute approximate surface area is 313 Å². The highest BCUT2D eigenvalue weighted by Gasteiger charge is 2.38. The topological polar surface area (TPSA) is 115 Å². The van der Waals surface area contributed by atoms with Gasteiger partial charge in [-0.25, -0.2) is 14.8 Å². The van der Waals surface area contributed by atoms with Gasteiger partial charge in [0.05, 0.1) is 18.8 Å². The molecule has 1 aliphatic heterocycles. The summed E-state index contributed by atoms with van der Waals surface area (Å²) in [5.41, 5.74) is 6.42. The second-order valence-corrected chi connectivity index (χ2v) is 13.7. The lowest BCUT2D eigenvalue weighted by Gasteiger charge is -2.41. The van der Waals surface area contributed by atoms with Crippen LogP contribution >= 0.6 is 11.8 Å². The molecule has 7 rings (SSSR count). The molecule has 3 N–H and O–H groups in total. The van der Waals surface area contributed by atoms with Crippen LogP contribution in [0.25, 0.3) is 11.1 Å². The number of urea groups is 1. The highest BCUT2D eigenvalue weighted by molar-refractivity contribution is 7.99. The molecule has 1 aromatic heterocycles. The number of hydrogen-bond acceptors (Lipinski definition) is 8. The first kappa shape index (κ1) is 35.9. The number of rotatable bonds is 12. The molecule has 1 fully saturated rings. The van der Waals surface area contributed by atoms with Gasteiger partial charge in [-0.15, -0.1) is 0 Å². The van der Waals surface area contributed by atoms with E-state index in [1.54, 1.807) is 42.4 Å². The number of thioether (sulfide) groups is 1. The van der Waals surface area contributed by atoms with Gasteiger partial charge < -0.3 is 30.0 Å². The molecule has 0 aliphatic carbocycles. The summed E-state index contributed by atoms with van der Waals surface area (Å²) in [5.74, 6) is 2.13. The summed E-state index contributed by atoms with van der Waals surface area (Å²) < 4.78 is 19.2. The Morgan fingerprint density at radius 3 is 2.23 bits per heavy atom. The van der Waals surface area contributed by atoms with Crippen LogP contribution in [-0.4, -0.2) is 33.0 Å². The van der Waals surface area contributed by atoms with Crippen molar-refractivity contribution in [3.05, 3.63) is 168 Å². The third kappa shape index (κ3) is 9.48. The van der Waals surface area contributed by atoms with Gasteiger partial charge in [-0.3, -0.25) is 0 Å². The van der Waals surface area contributed by atoms with Crippen molar-refractivity contribution in [3.8, 4) is 22.6 Å². The number of carbonyl (C=O) groups excluding carboxylic acids is 1. The summed E-state index contributed by atoms with van der Waals surface area (Å²) in [6.45, 7) is 2.48. The monoisotopic (exact) mass is 724 g/mol. The van der Waals surface area contributed by atoms with Gasteiger partial charge in [0.2, 0.25) is 0 Å². The number of nitrogens with zero attached hydrogens (tertiary/aromatic N) is 2. The maximum atomic E-state index is 12.8. The average Bonchev–Trinajstić information content (AvgIpc) is 3.21. The number of anilines is 1. The number of aliphatic hydroxyl groups excluding tert-OH is 1. The van der Waals surface area contributed by atoms with Crippen molar-refractivity contribution >= 4 is 23.5 Å². The van der Waals surface area contributed by atoms with E-state index in [1.807, 2.05) is 91.0 Å². The Morgan fingerprint density at radius 2 is 1.47 bits per heavy atom. The summed E-state index contributed by atoms with van der Waals surface area (Å²) in [5, 5.41) is 16.1. The highest BCUT2D eigenvalue weighted by Crippen LogP contribution is 2.43. The minimum atomic E-state index is -0.608. The molecular formula is C43H40N4O5S. The molecule has 6 aromatic rings. The predicted molar refractivity (Wildman–Crippen MR) is 206 cm³/mol. The molecule has 268 valence electrons. The van der Waals surface area contributed by atoms with Crippen LogP contribution in [0.3, 0.4) is 0 Å². The number of aliphatic hydroxyl groups is 1. The highest BCUT2D eigenvalue weighted by atomic mass is 32.2. The maximum absolute atomic E-state index is 12.8. The zero-order valence-corrected chi connectivity index (χ0v) is 30.0. The van der Waals surface area contributed by atoms with Crippen molar-refractivity contribution in [2.24, 2.45) is 5.92 Å². The Kier molecular flexibility index (Phi) is 11.7. The molecule has 1 saturated heterocycles. The Morgan fingerprint density at radius 1 is 0.755 bits per heavy atom. The molecule has 1 aliphatic rings. The van der Waals surface area contributed by atoms with Crippen LogP contribution in [0, 0.1) is 5.92 Å². The van der Waals surface area contributed by atoms with Gasteiger partial charge in [0.1, 0.15) is 11.5 Å². The van der Waals surface area contributed by atoms with Crippen molar-refractivity contribution in [1.29, 1.82) is 0 Å². The van der Waals surface area contributed by atoms with Crippen LogP contribution in [0.1, 0.15) is 41.6 Å². The molecule has 53 heavy (non-hydrogen) atoms. The van der Waals surface area contributed by atoms with Crippen LogP contribution in [-0.2, 0) is 22.6 Å². The van der Waals surface area contributed by atoms with Gasteiger partial charge in [-0.1, -0.05) is 97.5 Å². The Bertz CT molecular complexity index is 2090. The SMILES string of the molecule is C[C@H]1[C@@H](CSc2ncccn2)O[C@@H](c2cccc(-c3cccc(CNC(=O)Nc4ccc(Oc5ccccc5)cc4)c3)c2)O[C@H]1c1ccc(CO)cc1. The van der Waals surface area contributed by atoms with E-state index in [4.69, 9.17) is 14.2 Å². The van der Waals surface area contributed by atoms with E-state index >= 15 is 0 Å². The summed E-state index contributed by atoms with van der Waals surface area (Å²) in [4.78, 5) is 21.5. The third-order valence-corrected chi connectivity index (χ3v) is 9.97. The standard InChI is InChI=1S/C43H40N4O5S/c1-29-39(28-53-43-44-22-7-23-45-43)51-41(52-40(29)32-16-14-30(27-48)15-17-32)35-11-6-10-34(25-35)33-9-5-8-31(24-33)26-46-42(49)47-36-18-20-38(21-19-36)50-37-12-3-2-4-13-37/h2-25,29,39-41,48H,26-28H2,1H3,(H2,46,47,49)/t29-,39+,40+,41+/m0/s1. The smallest absolute Gasteiger partial charge is 0.319 e. The summed E-state index contributed by atoms with van der Waals surface area (Å²) in [6, 6.07) is 42.5. The number of amides is 2. The molecule has 10 heteroatoms. The molecule has 0 unspecified atom stereocenters. The number of benzene rings is 5. The second-order valence-electron chi connectivity index (χ2n) is 12.7. The molecule has 0 bridgehead atoms. The fourth-order valence-corrected chi connectivity index (χ4v) is 7.11. The van der Waals surface area contributed by atoms with Crippen LogP contribution in [0.15, 0.2) is 151 Å². The maximum Gasteiger partial charge on any atom is 0.319 e. The van der Waals surface area contributed by atoms with Gasteiger partial charge in [0, 0.05) is 41.9 Å². The largest absolute Gasteiger partial charge is 0.457 e. The Hall–Kier alpha value is -5.52. The Balaban J connectivity index is 1.01. The van der Waals surface area contributed by atoms with E-state index in [-0.39, 0.29) is 30.8 Å². The zero-order chi connectivity index (χ0) is 36.4. The average molecular weight is 725 g/mol. The summed E-state index contributed by atoms with van der Waals surface area (Å²) in [7, 11) is 0. The first-order chi connectivity index (χ1) is 26.0. The van der Waals surface area contributed by atoms with Crippen LogP contribution in [0.4, 0.5) is 10.5 Å². The number of aromatic nitrogens is 2. The van der Waals surface area contributed by atoms with Crippen molar-refractivity contribution in [3.63, 3.8) is 0 Å². The quantitative estimate of drug-likeness (QED) is 0.0845. The minimum Gasteiger partial charge on any atom is -0.457 e. The van der Waals surface area contributed by atoms with E-state index in [0.29, 0.717) is 28.9 Å². The molecular weight excluding hydrogens is 685 g/mol. The first-order valence-electron chi connectivity index (χ1n) is 17.5. The lowest BCUT2D eigenvalue weighted by atomic mass is 9.91. The summed E-state index contributed by atoms with van der Waals surface area (Å²) >= 11 is 1.56. The number of ether oxygens (including phenoxy) is 3. The van der Waals surface area contributed by atoms with Crippen LogP contribution < -0.4 is 15.4 Å². The van der Waals surface area contributed by atoms with Gasteiger partial charge in [0.15, 0.2) is 11.4 Å². The zero-order valence-electron chi connectivity index (χ0n) is 29.2. The summed E-state index contributed by atoms with van der Waals surface area (Å²) in [6.07, 6.45) is 2.51. The molecule has 5 aromatic carbocycles. The van der Waals surface area contributed by atoms with Crippen LogP contribution in [0.2, 0.25) is 0 Å². The predicted octanol–water partition coefficient (Wildman–Crippen LogP) is 9.33. The normalized spacial score (nSPS) is 18.2. The van der Waals surface area contributed by atoms with Crippen molar-refractivity contribution in [2.75, 3.05) is 11.1 Å². The van der Waals surface area contributed by atoms with E-state index in [2.05, 4.69) is 51.8 Å². The third-order valence-electron chi connectivity index (χ3n) is 9.01.